The molecule has 2 rings (SSSR count). The lowest BCUT2D eigenvalue weighted by Gasteiger charge is -2.04. The van der Waals surface area contributed by atoms with Gasteiger partial charge in [0.25, 0.3) is 0 Å². The number of carboxylic acid groups (broad SMARTS) is 2. The number of phenolic OH excluding ortho intramolecular Hbond substituents is 2. The fourth-order valence-electron chi connectivity index (χ4n) is 1.79. The van der Waals surface area contributed by atoms with Crippen LogP contribution in [0.4, 0.5) is 0 Å². The normalized spacial score (nSPS) is 10.9. The molecule has 1 atom stereocenters. The van der Waals surface area contributed by atoms with Crippen molar-refractivity contribution in [2.24, 2.45) is 5.73 Å². The Hall–Kier alpha value is -3.32. The van der Waals surface area contributed by atoms with Crippen LogP contribution in [-0.2, 0) is 16.0 Å². The molecule has 7 heteroatoms. The Labute approximate surface area is 144 Å². The van der Waals surface area contributed by atoms with Crippen LogP contribution in [0.5, 0.6) is 11.5 Å². The molecule has 0 aromatic heterocycles. The maximum atomic E-state index is 10.5. The van der Waals surface area contributed by atoms with E-state index in [0.29, 0.717) is 6.42 Å². The number of benzene rings is 2. The fourth-order valence-corrected chi connectivity index (χ4v) is 1.79. The van der Waals surface area contributed by atoms with Crippen molar-refractivity contribution in [2.75, 3.05) is 0 Å². The highest BCUT2D eigenvalue weighted by molar-refractivity contribution is 6.14. The summed E-state index contributed by atoms with van der Waals surface area (Å²) in [5.74, 6) is -2.77. The van der Waals surface area contributed by atoms with Crippen molar-refractivity contribution in [1.82, 2.24) is 0 Å². The molecule has 0 saturated heterocycles. The summed E-state index contributed by atoms with van der Waals surface area (Å²) in [7, 11) is 0. The van der Waals surface area contributed by atoms with Crippen molar-refractivity contribution in [3.8, 4) is 11.5 Å². The Morgan fingerprint density at radius 2 is 1.60 bits per heavy atom. The molecule has 0 amide bonds. The van der Waals surface area contributed by atoms with Gasteiger partial charge in [0.05, 0.1) is 5.57 Å². The second kappa shape index (κ2) is 9.09. The number of phenols is 2. The van der Waals surface area contributed by atoms with Gasteiger partial charge in [-0.1, -0.05) is 43.0 Å². The van der Waals surface area contributed by atoms with Crippen LogP contribution in [-0.4, -0.2) is 38.4 Å². The Bertz CT molecular complexity index is 757. The smallest absolute Gasteiger partial charge is 0.335 e. The van der Waals surface area contributed by atoms with Gasteiger partial charge in [-0.2, -0.15) is 0 Å². The van der Waals surface area contributed by atoms with E-state index in [9.17, 15) is 9.59 Å². The van der Waals surface area contributed by atoms with Crippen LogP contribution < -0.4 is 5.73 Å². The van der Waals surface area contributed by atoms with Crippen molar-refractivity contribution in [1.29, 1.82) is 0 Å². The maximum absolute atomic E-state index is 10.5. The lowest BCUT2D eigenvalue weighted by atomic mass is 10.1. The predicted octanol–water partition coefficient (Wildman–Crippen LogP) is 1.84. The summed E-state index contributed by atoms with van der Waals surface area (Å²) < 4.78 is 0. The fraction of sp³-hybridized carbons (Fsp3) is 0.111. The predicted molar refractivity (Wildman–Crippen MR) is 92.2 cm³/mol. The maximum Gasteiger partial charge on any atom is 0.335 e. The van der Waals surface area contributed by atoms with Crippen LogP contribution >= 0.6 is 0 Å². The first kappa shape index (κ1) is 19.7. The first-order chi connectivity index (χ1) is 11.7. The first-order valence-electron chi connectivity index (χ1n) is 7.19. The number of nitrogens with two attached hydrogens (primary N) is 1. The molecule has 2 aromatic rings. The molecule has 0 spiro atoms. The lowest BCUT2D eigenvalue weighted by molar-refractivity contribution is -0.138. The summed E-state index contributed by atoms with van der Waals surface area (Å²) >= 11 is 0. The third kappa shape index (κ3) is 6.36. The molecule has 0 heterocycles. The number of carbonyl (C=O) groups is 2. The number of carboxylic acids is 2. The zero-order valence-electron chi connectivity index (χ0n) is 13.3. The minimum atomic E-state index is -1.16. The van der Waals surface area contributed by atoms with E-state index in [-0.39, 0.29) is 22.6 Å². The zero-order chi connectivity index (χ0) is 19.0. The van der Waals surface area contributed by atoms with Crippen LogP contribution in [0.15, 0.2) is 55.1 Å². The average Bonchev–Trinajstić information content (AvgIpc) is 2.58. The van der Waals surface area contributed by atoms with Gasteiger partial charge in [0.15, 0.2) is 11.5 Å². The van der Waals surface area contributed by atoms with Gasteiger partial charge in [0.2, 0.25) is 0 Å². The van der Waals surface area contributed by atoms with Gasteiger partial charge in [0, 0.05) is 0 Å². The monoisotopic (exact) mass is 345 g/mol. The molecule has 0 aliphatic carbocycles. The highest BCUT2D eigenvalue weighted by Crippen LogP contribution is 2.27. The largest absolute Gasteiger partial charge is 0.504 e. The number of aliphatic carboxylic acids is 2. The summed E-state index contributed by atoms with van der Waals surface area (Å²) in [5, 5.41) is 35.1. The number of rotatable bonds is 5. The molecule has 6 N–H and O–H groups in total. The number of hydrogen-bond acceptors (Lipinski definition) is 5. The summed E-state index contributed by atoms with van der Waals surface area (Å²) in [6.07, 6.45) is 0.385. The van der Waals surface area contributed by atoms with Gasteiger partial charge in [-0.25, -0.2) is 4.79 Å². The quantitative estimate of drug-likeness (QED) is 0.411. The van der Waals surface area contributed by atoms with E-state index in [1.54, 1.807) is 0 Å². The summed E-state index contributed by atoms with van der Waals surface area (Å²) in [6, 6.07) is 12.3. The highest BCUT2D eigenvalue weighted by Gasteiger charge is 2.11. The lowest BCUT2D eigenvalue weighted by Crippen LogP contribution is -2.32. The average molecular weight is 345 g/mol. The Morgan fingerprint density at radius 1 is 1.00 bits per heavy atom. The molecule has 7 nitrogen and oxygen atoms in total. The van der Waals surface area contributed by atoms with Gasteiger partial charge in [-0.15, -0.1) is 0 Å². The molecule has 25 heavy (non-hydrogen) atoms. The van der Waals surface area contributed by atoms with Crippen LogP contribution in [0.3, 0.4) is 0 Å². The van der Waals surface area contributed by atoms with Crippen molar-refractivity contribution < 1.29 is 30.0 Å². The van der Waals surface area contributed by atoms with E-state index in [4.69, 9.17) is 26.2 Å². The Kier molecular flexibility index (Phi) is 7.17. The van der Waals surface area contributed by atoms with Gasteiger partial charge in [-0.05, 0) is 29.7 Å². The van der Waals surface area contributed by atoms with E-state index >= 15 is 0 Å². The third-order valence-electron chi connectivity index (χ3n) is 3.20. The van der Waals surface area contributed by atoms with Crippen LogP contribution in [0.25, 0.3) is 5.57 Å². The minimum Gasteiger partial charge on any atom is -0.504 e. The molecular formula is C18H19NO6. The van der Waals surface area contributed by atoms with Crippen molar-refractivity contribution in [3.05, 3.63) is 66.2 Å². The molecule has 0 aliphatic heterocycles. The summed E-state index contributed by atoms with van der Waals surface area (Å²) in [6.45, 7) is 3.30. The Morgan fingerprint density at radius 3 is 2.08 bits per heavy atom. The molecule has 132 valence electrons. The van der Waals surface area contributed by atoms with Crippen molar-refractivity contribution in [3.63, 3.8) is 0 Å². The molecular weight excluding hydrogens is 326 g/mol. The van der Waals surface area contributed by atoms with Crippen molar-refractivity contribution >= 4 is 17.5 Å². The minimum absolute atomic E-state index is 0.129. The van der Waals surface area contributed by atoms with Crippen LogP contribution in [0.1, 0.15) is 11.1 Å². The summed E-state index contributed by atoms with van der Waals surface area (Å²) in [5.41, 5.74) is 6.44. The molecule has 0 bridgehead atoms. The van der Waals surface area contributed by atoms with Gasteiger partial charge < -0.3 is 26.2 Å². The zero-order valence-corrected chi connectivity index (χ0v) is 13.3. The SMILES string of the molecule is C=C(C(=O)O)c1ccc(O)c(O)c1.NC(Cc1ccccc1)C(=O)O. The molecule has 1 unspecified atom stereocenters. The number of aromatic hydroxyl groups is 2. The standard InChI is InChI=1S/C9H11NO2.C9H8O4/c10-8(9(11)12)6-7-4-2-1-3-5-7;1-5(9(12)13)6-2-3-7(10)8(11)4-6/h1-5,8H,6,10H2,(H,11,12);2-4,10-11H,1H2,(H,12,13). The third-order valence-corrected chi connectivity index (χ3v) is 3.20. The van der Waals surface area contributed by atoms with Crippen LogP contribution in [0, 0.1) is 0 Å². The molecule has 0 radical (unpaired) electrons. The highest BCUT2D eigenvalue weighted by atomic mass is 16.4. The van der Waals surface area contributed by atoms with E-state index in [1.165, 1.54) is 12.1 Å². The Balaban J connectivity index is 0.000000251. The van der Waals surface area contributed by atoms with E-state index < -0.39 is 18.0 Å². The van der Waals surface area contributed by atoms with Gasteiger partial charge in [0.1, 0.15) is 6.04 Å². The van der Waals surface area contributed by atoms with Crippen molar-refractivity contribution in [2.45, 2.75) is 12.5 Å². The van der Waals surface area contributed by atoms with Gasteiger partial charge in [-0.3, -0.25) is 4.79 Å². The summed E-state index contributed by atoms with van der Waals surface area (Å²) in [4.78, 5) is 20.8. The van der Waals surface area contributed by atoms with E-state index in [0.717, 1.165) is 11.6 Å². The molecule has 0 fully saturated rings. The second-order valence-electron chi connectivity index (χ2n) is 5.12. The molecule has 0 saturated carbocycles. The van der Waals surface area contributed by atoms with Crippen LogP contribution in [0.2, 0.25) is 0 Å². The van der Waals surface area contributed by atoms with Gasteiger partial charge >= 0.3 is 11.9 Å². The number of hydrogen-bond donors (Lipinski definition) is 5. The van der Waals surface area contributed by atoms with E-state index in [1.807, 2.05) is 30.3 Å². The topological polar surface area (TPSA) is 141 Å². The molecule has 0 aliphatic rings. The second-order valence-corrected chi connectivity index (χ2v) is 5.12. The van der Waals surface area contributed by atoms with E-state index in [2.05, 4.69) is 6.58 Å². The first-order valence-corrected chi connectivity index (χ1v) is 7.19. The molecule has 2 aromatic carbocycles.